The largest absolute Gasteiger partial charge is 0.496 e. The molecule has 0 radical (unpaired) electrons. The summed E-state index contributed by atoms with van der Waals surface area (Å²) in [5, 5.41) is 0. The Bertz CT molecular complexity index is 1020. The first-order valence-electron chi connectivity index (χ1n) is 10.1. The van der Waals surface area contributed by atoms with Crippen molar-refractivity contribution in [2.45, 2.75) is 13.5 Å². The molecule has 1 fully saturated rings. The monoisotopic (exact) mass is 449 g/mol. The highest BCUT2D eigenvalue weighted by molar-refractivity contribution is 7.92. The summed E-state index contributed by atoms with van der Waals surface area (Å²) < 4.78 is 44.8. The molecule has 31 heavy (non-hydrogen) atoms. The molecule has 0 aliphatic carbocycles. The van der Waals surface area contributed by atoms with Gasteiger partial charge < -0.3 is 14.5 Å². The van der Waals surface area contributed by atoms with Gasteiger partial charge in [-0.15, -0.1) is 0 Å². The fourth-order valence-corrected chi connectivity index (χ4v) is 4.53. The molecule has 0 N–H and O–H groups in total. The average molecular weight is 450 g/mol. The van der Waals surface area contributed by atoms with Crippen LogP contribution in [0.2, 0.25) is 0 Å². The maximum atomic E-state index is 13.3. The molecule has 7 nitrogen and oxygen atoms in total. The van der Waals surface area contributed by atoms with E-state index in [9.17, 15) is 17.6 Å². The van der Waals surface area contributed by atoms with E-state index in [0.29, 0.717) is 35.7 Å². The van der Waals surface area contributed by atoms with Crippen LogP contribution in [-0.2, 0) is 16.6 Å². The first-order chi connectivity index (χ1) is 14.7. The standard InChI is InChI=1S/C22H28FN3O4S/c1-4-24-11-13-25(14-12-24)22(27)17-5-10-21(30-2)18(15-17)16-26(31(3,28)29)20-8-6-19(23)7-9-20/h5-10,15H,4,11-14,16H2,1-3H3. The van der Waals surface area contributed by atoms with E-state index in [0.717, 1.165) is 25.9 Å². The topological polar surface area (TPSA) is 70.2 Å². The van der Waals surface area contributed by atoms with Crippen LogP contribution in [0, 0.1) is 5.82 Å². The number of rotatable bonds is 7. The molecule has 0 bridgehead atoms. The van der Waals surface area contributed by atoms with Crippen molar-refractivity contribution in [1.82, 2.24) is 9.80 Å². The summed E-state index contributed by atoms with van der Waals surface area (Å²) in [6, 6.07) is 10.3. The van der Waals surface area contributed by atoms with Gasteiger partial charge in [0.2, 0.25) is 10.0 Å². The average Bonchev–Trinajstić information content (AvgIpc) is 2.77. The van der Waals surface area contributed by atoms with Crippen molar-refractivity contribution >= 4 is 21.6 Å². The number of anilines is 1. The molecular formula is C22H28FN3O4S. The number of carbonyl (C=O) groups excluding carboxylic acids is 1. The highest BCUT2D eigenvalue weighted by Crippen LogP contribution is 2.27. The minimum atomic E-state index is -3.66. The minimum Gasteiger partial charge on any atom is -0.496 e. The SMILES string of the molecule is CCN1CCN(C(=O)c2ccc(OC)c(CN(c3ccc(F)cc3)S(C)(=O)=O)c2)CC1. The molecule has 9 heteroatoms. The van der Waals surface area contributed by atoms with E-state index in [1.54, 1.807) is 18.2 Å². The number of sulfonamides is 1. The van der Waals surface area contributed by atoms with Crippen molar-refractivity contribution in [1.29, 1.82) is 0 Å². The van der Waals surface area contributed by atoms with Crippen LogP contribution < -0.4 is 9.04 Å². The van der Waals surface area contributed by atoms with Crippen LogP contribution in [0.3, 0.4) is 0 Å². The number of halogens is 1. The van der Waals surface area contributed by atoms with E-state index in [1.165, 1.54) is 35.7 Å². The van der Waals surface area contributed by atoms with Gasteiger partial charge in [0, 0.05) is 37.3 Å². The van der Waals surface area contributed by atoms with E-state index in [2.05, 4.69) is 11.8 Å². The molecule has 1 aliphatic heterocycles. The zero-order chi connectivity index (χ0) is 22.6. The normalized spacial score (nSPS) is 15.0. The van der Waals surface area contributed by atoms with Crippen LogP contribution in [0.5, 0.6) is 5.75 Å². The van der Waals surface area contributed by atoms with Crippen molar-refractivity contribution in [3.63, 3.8) is 0 Å². The molecule has 0 atom stereocenters. The molecule has 168 valence electrons. The van der Waals surface area contributed by atoms with Gasteiger partial charge in [-0.1, -0.05) is 6.92 Å². The van der Waals surface area contributed by atoms with Crippen molar-refractivity contribution in [2.24, 2.45) is 0 Å². The maximum Gasteiger partial charge on any atom is 0.253 e. The summed E-state index contributed by atoms with van der Waals surface area (Å²) in [5.74, 6) is -0.0685. The number of ether oxygens (including phenoxy) is 1. The number of carbonyl (C=O) groups is 1. The fraction of sp³-hybridized carbons (Fsp3) is 0.409. The quantitative estimate of drug-likeness (QED) is 0.650. The molecule has 0 saturated carbocycles. The van der Waals surface area contributed by atoms with Gasteiger partial charge in [0.1, 0.15) is 11.6 Å². The Labute approximate surface area is 183 Å². The number of likely N-dealkylation sites (N-methyl/N-ethyl adjacent to an activating group) is 1. The Morgan fingerprint density at radius 1 is 1.10 bits per heavy atom. The Morgan fingerprint density at radius 2 is 1.74 bits per heavy atom. The minimum absolute atomic E-state index is 0.0433. The Balaban J connectivity index is 1.89. The van der Waals surface area contributed by atoms with Crippen molar-refractivity contribution in [2.75, 3.05) is 50.4 Å². The van der Waals surface area contributed by atoms with Crippen LogP contribution in [0.4, 0.5) is 10.1 Å². The second-order valence-corrected chi connectivity index (χ2v) is 9.41. The van der Waals surface area contributed by atoms with Crippen LogP contribution in [-0.4, -0.2) is 70.2 Å². The summed E-state index contributed by atoms with van der Waals surface area (Å²) in [6.45, 7) is 5.98. The van der Waals surface area contributed by atoms with Gasteiger partial charge in [0.25, 0.3) is 5.91 Å². The maximum absolute atomic E-state index is 13.3. The lowest BCUT2D eigenvalue weighted by molar-refractivity contribution is 0.0643. The van der Waals surface area contributed by atoms with E-state index in [4.69, 9.17) is 4.74 Å². The molecule has 1 amide bonds. The number of nitrogens with zero attached hydrogens (tertiary/aromatic N) is 3. The molecule has 0 unspecified atom stereocenters. The number of benzene rings is 2. The van der Waals surface area contributed by atoms with E-state index in [-0.39, 0.29) is 12.5 Å². The zero-order valence-electron chi connectivity index (χ0n) is 18.0. The van der Waals surface area contributed by atoms with Crippen LogP contribution in [0.1, 0.15) is 22.8 Å². The number of hydrogen-bond acceptors (Lipinski definition) is 5. The molecule has 1 saturated heterocycles. The van der Waals surface area contributed by atoms with E-state index in [1.807, 2.05) is 4.90 Å². The van der Waals surface area contributed by atoms with Crippen molar-refractivity contribution < 1.29 is 22.3 Å². The number of hydrogen-bond donors (Lipinski definition) is 0. The predicted molar refractivity (Wildman–Crippen MR) is 118 cm³/mol. The Morgan fingerprint density at radius 3 is 2.29 bits per heavy atom. The first-order valence-corrected chi connectivity index (χ1v) is 12.0. The zero-order valence-corrected chi connectivity index (χ0v) is 18.9. The van der Waals surface area contributed by atoms with Gasteiger partial charge in [-0.05, 0) is 49.0 Å². The molecule has 3 rings (SSSR count). The summed E-state index contributed by atoms with van der Waals surface area (Å²) in [6.07, 6.45) is 1.09. The lowest BCUT2D eigenvalue weighted by atomic mass is 10.1. The number of methoxy groups -OCH3 is 1. The Kier molecular flexibility index (Phi) is 7.17. The second kappa shape index (κ2) is 9.65. The molecular weight excluding hydrogens is 421 g/mol. The predicted octanol–water partition coefficient (Wildman–Crippen LogP) is 2.58. The third-order valence-electron chi connectivity index (χ3n) is 5.46. The van der Waals surface area contributed by atoms with Crippen molar-refractivity contribution in [3.8, 4) is 5.75 Å². The van der Waals surface area contributed by atoms with Crippen LogP contribution in [0.25, 0.3) is 0 Å². The lowest BCUT2D eigenvalue weighted by Gasteiger charge is -2.34. The van der Waals surface area contributed by atoms with Crippen LogP contribution in [0.15, 0.2) is 42.5 Å². The second-order valence-electron chi connectivity index (χ2n) is 7.50. The summed E-state index contributed by atoms with van der Waals surface area (Å²) in [7, 11) is -2.17. The Hall–Kier alpha value is -2.65. The molecule has 1 aliphatic rings. The van der Waals surface area contributed by atoms with Crippen molar-refractivity contribution in [3.05, 3.63) is 59.4 Å². The lowest BCUT2D eigenvalue weighted by Crippen LogP contribution is -2.48. The number of amides is 1. The molecule has 1 heterocycles. The van der Waals surface area contributed by atoms with E-state index < -0.39 is 15.8 Å². The van der Waals surface area contributed by atoms with Crippen LogP contribution >= 0.6 is 0 Å². The molecule has 2 aromatic rings. The van der Waals surface area contributed by atoms with Gasteiger partial charge >= 0.3 is 0 Å². The highest BCUT2D eigenvalue weighted by atomic mass is 32.2. The molecule has 0 aromatic heterocycles. The fourth-order valence-electron chi connectivity index (χ4n) is 3.65. The van der Waals surface area contributed by atoms with Gasteiger partial charge in [-0.3, -0.25) is 9.10 Å². The summed E-state index contributed by atoms with van der Waals surface area (Å²) in [4.78, 5) is 17.1. The first kappa shape index (κ1) is 23.0. The van der Waals surface area contributed by atoms with E-state index >= 15 is 0 Å². The summed E-state index contributed by atoms with van der Waals surface area (Å²) in [5.41, 5.74) is 1.36. The van der Waals surface area contributed by atoms with Gasteiger partial charge in [0.05, 0.1) is 25.6 Å². The van der Waals surface area contributed by atoms with Gasteiger partial charge in [-0.25, -0.2) is 12.8 Å². The smallest absolute Gasteiger partial charge is 0.253 e. The third-order valence-corrected chi connectivity index (χ3v) is 6.60. The third kappa shape index (κ3) is 5.54. The number of piperazine rings is 1. The van der Waals surface area contributed by atoms with Gasteiger partial charge in [-0.2, -0.15) is 0 Å². The highest BCUT2D eigenvalue weighted by Gasteiger charge is 2.24. The molecule has 0 spiro atoms. The summed E-state index contributed by atoms with van der Waals surface area (Å²) >= 11 is 0. The van der Waals surface area contributed by atoms with Gasteiger partial charge in [0.15, 0.2) is 0 Å². The molecule has 2 aromatic carbocycles.